The fourth-order valence-corrected chi connectivity index (χ4v) is 3.61. The van der Waals surface area contributed by atoms with E-state index in [1.54, 1.807) is 0 Å². The molecule has 2 heterocycles. The number of piperidine rings is 1. The lowest BCUT2D eigenvalue weighted by Crippen LogP contribution is -2.40. The highest BCUT2D eigenvalue weighted by Gasteiger charge is 2.24. The number of primary amides is 1. The number of rotatable bonds is 6. The largest absolute Gasteiger partial charge is 0.369 e. The SMILES string of the molecule is NC(=O)[C@@H]1CCCN(Cc2cccc(CNC(=O)[C@H]3CCCO3)c2)C1. The van der Waals surface area contributed by atoms with E-state index in [2.05, 4.69) is 22.3 Å². The monoisotopic (exact) mass is 345 g/mol. The fourth-order valence-electron chi connectivity index (χ4n) is 3.61. The third-order valence-corrected chi connectivity index (χ3v) is 4.99. The van der Waals surface area contributed by atoms with Crippen molar-refractivity contribution in [2.75, 3.05) is 19.7 Å². The number of hydrogen-bond acceptors (Lipinski definition) is 4. The molecule has 0 aliphatic carbocycles. The summed E-state index contributed by atoms with van der Waals surface area (Å²) in [6.07, 6.45) is 3.37. The number of ether oxygens (including phenoxy) is 1. The molecule has 0 bridgehead atoms. The third kappa shape index (κ3) is 5.03. The van der Waals surface area contributed by atoms with E-state index < -0.39 is 0 Å². The summed E-state index contributed by atoms with van der Waals surface area (Å²) < 4.78 is 5.40. The first-order valence-corrected chi connectivity index (χ1v) is 9.10. The molecule has 6 heteroatoms. The Morgan fingerprint density at radius 3 is 2.84 bits per heavy atom. The quantitative estimate of drug-likeness (QED) is 0.811. The Hall–Kier alpha value is -1.92. The zero-order valence-electron chi connectivity index (χ0n) is 14.6. The Morgan fingerprint density at radius 2 is 2.08 bits per heavy atom. The average molecular weight is 345 g/mol. The number of nitrogens with two attached hydrogens (primary N) is 1. The minimum Gasteiger partial charge on any atom is -0.369 e. The standard InChI is InChI=1S/C19H27N3O3/c20-18(23)16-6-2-8-22(13-16)12-15-5-1-4-14(10-15)11-21-19(24)17-7-3-9-25-17/h1,4-5,10,16-17H,2-3,6-9,11-13H2,(H2,20,23)(H,21,24)/t16-,17-/m1/s1. The van der Waals surface area contributed by atoms with Gasteiger partial charge in [0.2, 0.25) is 11.8 Å². The van der Waals surface area contributed by atoms with E-state index in [-0.39, 0.29) is 23.8 Å². The minimum absolute atomic E-state index is 0.0248. The van der Waals surface area contributed by atoms with Gasteiger partial charge in [-0.05, 0) is 43.4 Å². The van der Waals surface area contributed by atoms with Gasteiger partial charge in [0.15, 0.2) is 0 Å². The number of nitrogens with one attached hydrogen (secondary N) is 1. The summed E-state index contributed by atoms with van der Waals surface area (Å²) in [7, 11) is 0. The molecule has 2 atom stereocenters. The Balaban J connectivity index is 1.52. The average Bonchev–Trinajstić information content (AvgIpc) is 3.15. The first kappa shape index (κ1) is 17.9. The molecule has 3 N–H and O–H groups in total. The van der Waals surface area contributed by atoms with E-state index in [1.807, 2.05) is 12.1 Å². The van der Waals surface area contributed by atoms with Gasteiger partial charge in [0.05, 0.1) is 5.92 Å². The molecule has 2 saturated heterocycles. The Kier molecular flexibility index (Phi) is 6.04. The third-order valence-electron chi connectivity index (χ3n) is 4.99. The first-order valence-electron chi connectivity index (χ1n) is 9.10. The predicted molar refractivity (Wildman–Crippen MR) is 94.5 cm³/mol. The van der Waals surface area contributed by atoms with Crippen molar-refractivity contribution >= 4 is 11.8 Å². The maximum atomic E-state index is 12.0. The van der Waals surface area contributed by atoms with Gasteiger partial charge in [0.25, 0.3) is 0 Å². The molecule has 0 unspecified atom stereocenters. The summed E-state index contributed by atoms with van der Waals surface area (Å²) >= 11 is 0. The van der Waals surface area contributed by atoms with Gasteiger partial charge in [-0.1, -0.05) is 24.3 Å². The fraction of sp³-hybridized carbons (Fsp3) is 0.579. The second-order valence-electron chi connectivity index (χ2n) is 7.02. The molecule has 136 valence electrons. The molecule has 0 saturated carbocycles. The maximum Gasteiger partial charge on any atom is 0.249 e. The number of likely N-dealkylation sites (tertiary alicyclic amines) is 1. The van der Waals surface area contributed by atoms with Crippen molar-refractivity contribution in [3.05, 3.63) is 35.4 Å². The van der Waals surface area contributed by atoms with Gasteiger partial charge in [0, 0.05) is 26.2 Å². The molecule has 2 amide bonds. The number of amides is 2. The van der Waals surface area contributed by atoms with Crippen molar-refractivity contribution in [1.29, 1.82) is 0 Å². The Labute approximate surface area is 148 Å². The lowest BCUT2D eigenvalue weighted by Gasteiger charge is -2.31. The van der Waals surface area contributed by atoms with Crippen molar-refractivity contribution in [1.82, 2.24) is 10.2 Å². The summed E-state index contributed by atoms with van der Waals surface area (Å²) in [6.45, 7) is 3.71. The topological polar surface area (TPSA) is 84.7 Å². The summed E-state index contributed by atoms with van der Waals surface area (Å²) in [5, 5.41) is 2.96. The number of carbonyl (C=O) groups excluding carboxylic acids is 2. The molecular formula is C19H27N3O3. The molecule has 2 aliphatic rings. The van der Waals surface area contributed by atoms with Crippen LogP contribution in [-0.2, 0) is 27.4 Å². The van der Waals surface area contributed by atoms with Crippen molar-refractivity contribution < 1.29 is 14.3 Å². The molecule has 0 aromatic heterocycles. The van der Waals surface area contributed by atoms with Crippen LogP contribution >= 0.6 is 0 Å². The van der Waals surface area contributed by atoms with E-state index in [0.717, 1.165) is 50.9 Å². The second kappa shape index (κ2) is 8.45. The number of benzene rings is 1. The second-order valence-corrected chi connectivity index (χ2v) is 7.02. The molecule has 0 spiro atoms. The van der Waals surface area contributed by atoms with Crippen LogP contribution in [0.3, 0.4) is 0 Å². The molecule has 25 heavy (non-hydrogen) atoms. The van der Waals surface area contributed by atoms with Crippen LogP contribution in [0, 0.1) is 5.92 Å². The molecule has 1 aromatic rings. The normalized spacial score (nSPS) is 24.2. The highest BCUT2D eigenvalue weighted by atomic mass is 16.5. The van der Waals surface area contributed by atoms with Crippen molar-refractivity contribution in [2.24, 2.45) is 11.7 Å². The van der Waals surface area contributed by atoms with E-state index in [4.69, 9.17) is 10.5 Å². The lowest BCUT2D eigenvalue weighted by molar-refractivity contribution is -0.130. The minimum atomic E-state index is -0.290. The lowest BCUT2D eigenvalue weighted by atomic mass is 9.97. The smallest absolute Gasteiger partial charge is 0.249 e. The molecule has 2 fully saturated rings. The van der Waals surface area contributed by atoms with Crippen LogP contribution in [0.4, 0.5) is 0 Å². The Morgan fingerprint density at radius 1 is 1.24 bits per heavy atom. The zero-order chi connectivity index (χ0) is 17.6. The number of hydrogen-bond donors (Lipinski definition) is 2. The van der Waals surface area contributed by atoms with Crippen LogP contribution in [0.1, 0.15) is 36.8 Å². The van der Waals surface area contributed by atoms with Crippen LogP contribution in [0.25, 0.3) is 0 Å². The summed E-state index contributed by atoms with van der Waals surface area (Å²) in [5.41, 5.74) is 7.72. The van der Waals surface area contributed by atoms with Gasteiger partial charge in [-0.3, -0.25) is 14.5 Å². The van der Waals surface area contributed by atoms with Crippen LogP contribution in [0.2, 0.25) is 0 Å². The van der Waals surface area contributed by atoms with E-state index in [9.17, 15) is 9.59 Å². The van der Waals surface area contributed by atoms with E-state index in [1.165, 1.54) is 5.56 Å². The summed E-state index contributed by atoms with van der Waals surface area (Å²) in [5.74, 6) is -0.263. The number of carbonyl (C=O) groups is 2. The molecule has 0 radical (unpaired) electrons. The highest BCUT2D eigenvalue weighted by Crippen LogP contribution is 2.19. The van der Waals surface area contributed by atoms with Crippen molar-refractivity contribution in [3.63, 3.8) is 0 Å². The van der Waals surface area contributed by atoms with Crippen molar-refractivity contribution in [2.45, 2.75) is 44.9 Å². The Bertz CT molecular complexity index is 614. The predicted octanol–water partition coefficient (Wildman–Crippen LogP) is 1.18. The first-order chi connectivity index (χ1) is 12.1. The van der Waals surface area contributed by atoms with Gasteiger partial charge in [-0.2, -0.15) is 0 Å². The van der Waals surface area contributed by atoms with Crippen LogP contribution in [0.5, 0.6) is 0 Å². The summed E-state index contributed by atoms with van der Waals surface area (Å²) in [4.78, 5) is 25.7. The molecule has 6 nitrogen and oxygen atoms in total. The van der Waals surface area contributed by atoms with Gasteiger partial charge in [-0.25, -0.2) is 0 Å². The zero-order valence-corrected chi connectivity index (χ0v) is 14.6. The van der Waals surface area contributed by atoms with Gasteiger partial charge in [-0.15, -0.1) is 0 Å². The van der Waals surface area contributed by atoms with E-state index >= 15 is 0 Å². The van der Waals surface area contributed by atoms with Crippen molar-refractivity contribution in [3.8, 4) is 0 Å². The molecule has 3 rings (SSSR count). The van der Waals surface area contributed by atoms with E-state index in [0.29, 0.717) is 13.2 Å². The molecule has 1 aromatic carbocycles. The highest BCUT2D eigenvalue weighted by molar-refractivity contribution is 5.80. The van der Waals surface area contributed by atoms with Gasteiger partial charge < -0.3 is 15.8 Å². The van der Waals surface area contributed by atoms with Crippen LogP contribution in [0.15, 0.2) is 24.3 Å². The van der Waals surface area contributed by atoms with Gasteiger partial charge in [0.1, 0.15) is 6.10 Å². The molecular weight excluding hydrogens is 318 g/mol. The number of nitrogens with zero attached hydrogens (tertiary/aromatic N) is 1. The van der Waals surface area contributed by atoms with Gasteiger partial charge >= 0.3 is 0 Å². The molecule has 2 aliphatic heterocycles. The van der Waals surface area contributed by atoms with Crippen LogP contribution < -0.4 is 11.1 Å². The summed E-state index contributed by atoms with van der Waals surface area (Å²) in [6, 6.07) is 8.23. The van der Waals surface area contributed by atoms with Crippen LogP contribution in [-0.4, -0.2) is 42.5 Å². The maximum absolute atomic E-state index is 12.0.